The molecule has 0 unspecified atom stereocenters. The first-order valence-electron chi connectivity index (χ1n) is 8.11. The molecule has 7 nitrogen and oxygen atoms in total. The molecule has 1 atom stereocenters. The Balaban J connectivity index is 1.76. The van der Waals surface area contributed by atoms with Gasteiger partial charge in [-0.1, -0.05) is 40.4 Å². The second kappa shape index (κ2) is 7.02. The van der Waals surface area contributed by atoms with Gasteiger partial charge in [0.05, 0.1) is 5.57 Å². The van der Waals surface area contributed by atoms with Crippen LogP contribution in [0.1, 0.15) is 18.5 Å². The molecular weight excluding hydrogens is 387 g/mol. The van der Waals surface area contributed by atoms with Gasteiger partial charge in [0.15, 0.2) is 0 Å². The second-order valence-corrected chi connectivity index (χ2v) is 6.90. The number of amides is 1. The van der Waals surface area contributed by atoms with Crippen LogP contribution in [-0.4, -0.2) is 26.1 Å². The molecule has 0 saturated heterocycles. The fourth-order valence-corrected chi connectivity index (χ4v) is 3.35. The molecule has 9 heteroatoms. The van der Waals surface area contributed by atoms with Crippen LogP contribution in [0.5, 0.6) is 0 Å². The van der Waals surface area contributed by atoms with Crippen LogP contribution in [0.2, 0.25) is 10.0 Å². The third kappa shape index (κ3) is 3.39. The number of benzene rings is 2. The number of carbonyl (C=O) groups excluding carboxylic acids is 1. The maximum Gasteiger partial charge on any atom is 0.255 e. The number of rotatable bonds is 3. The smallest absolute Gasteiger partial charge is 0.255 e. The quantitative estimate of drug-likeness (QED) is 0.695. The number of halogens is 2. The van der Waals surface area contributed by atoms with E-state index in [0.29, 0.717) is 33.0 Å². The summed E-state index contributed by atoms with van der Waals surface area (Å²) in [6, 6.07) is 13.7. The van der Waals surface area contributed by atoms with E-state index in [1.54, 1.807) is 41.1 Å². The van der Waals surface area contributed by atoms with Crippen LogP contribution in [-0.2, 0) is 4.79 Å². The summed E-state index contributed by atoms with van der Waals surface area (Å²) in [6.07, 6.45) is 0. The molecule has 1 aliphatic rings. The van der Waals surface area contributed by atoms with Gasteiger partial charge >= 0.3 is 0 Å². The van der Waals surface area contributed by atoms with Crippen molar-refractivity contribution >= 4 is 40.7 Å². The van der Waals surface area contributed by atoms with E-state index in [4.69, 9.17) is 23.2 Å². The van der Waals surface area contributed by atoms with E-state index < -0.39 is 6.04 Å². The first kappa shape index (κ1) is 17.5. The number of fused-ring (bicyclic) bond motifs is 1. The van der Waals surface area contributed by atoms with E-state index in [9.17, 15) is 4.79 Å². The molecule has 4 rings (SSSR count). The minimum absolute atomic E-state index is 0.270. The summed E-state index contributed by atoms with van der Waals surface area (Å²) in [7, 11) is 0. The number of nitrogens with one attached hydrogen (secondary N) is 2. The average molecular weight is 401 g/mol. The fourth-order valence-electron chi connectivity index (χ4n) is 3.02. The number of carbonyl (C=O) groups is 1. The molecule has 136 valence electrons. The molecule has 0 spiro atoms. The van der Waals surface area contributed by atoms with Crippen molar-refractivity contribution in [1.82, 2.24) is 20.2 Å². The summed E-state index contributed by atoms with van der Waals surface area (Å²) in [5, 5.41) is 18.9. The van der Waals surface area contributed by atoms with Crippen LogP contribution in [0.3, 0.4) is 0 Å². The zero-order chi connectivity index (χ0) is 19.0. The summed E-state index contributed by atoms with van der Waals surface area (Å²) in [5.74, 6) is 0.189. The van der Waals surface area contributed by atoms with Gasteiger partial charge in [0.2, 0.25) is 5.95 Å². The zero-order valence-electron chi connectivity index (χ0n) is 14.1. The van der Waals surface area contributed by atoms with Gasteiger partial charge in [0, 0.05) is 21.4 Å². The Kier molecular flexibility index (Phi) is 4.55. The normalized spacial score (nSPS) is 15.9. The molecule has 0 aliphatic carbocycles. The van der Waals surface area contributed by atoms with Crippen molar-refractivity contribution in [1.29, 1.82) is 0 Å². The SMILES string of the molecule is CC1=C(C(=O)Nc2ccc(Cl)cc2)[C@@H](c2cccc(Cl)c2)n2nnnc2N1. The van der Waals surface area contributed by atoms with Crippen LogP contribution < -0.4 is 10.6 Å². The standard InChI is InChI=1S/C18H14Cl2N6O/c1-10-15(17(27)22-14-7-5-12(19)6-8-14)16(11-3-2-4-13(20)9-11)26-18(21-10)23-24-25-26/h2-9,16H,1H3,(H,22,27)(H,21,23,25)/t16-/m1/s1. The molecule has 0 saturated carbocycles. The number of anilines is 2. The number of aromatic nitrogens is 4. The topological polar surface area (TPSA) is 84.7 Å². The molecule has 0 radical (unpaired) electrons. The Morgan fingerprint density at radius 3 is 2.67 bits per heavy atom. The maximum atomic E-state index is 13.1. The van der Waals surface area contributed by atoms with Gasteiger partial charge in [-0.2, -0.15) is 4.68 Å². The molecule has 1 aliphatic heterocycles. The molecule has 2 heterocycles. The molecule has 3 aromatic rings. The summed E-state index contributed by atoms with van der Waals surface area (Å²) in [6.45, 7) is 1.81. The van der Waals surface area contributed by atoms with Crippen LogP contribution >= 0.6 is 23.2 Å². The molecule has 1 aromatic heterocycles. The van der Waals surface area contributed by atoms with E-state index in [1.807, 2.05) is 19.1 Å². The number of hydrogen-bond acceptors (Lipinski definition) is 5. The predicted octanol–water partition coefficient (Wildman–Crippen LogP) is 3.91. The average Bonchev–Trinajstić information content (AvgIpc) is 3.10. The first-order valence-corrected chi connectivity index (χ1v) is 8.86. The highest BCUT2D eigenvalue weighted by Gasteiger charge is 2.34. The molecule has 2 aromatic carbocycles. The summed E-state index contributed by atoms with van der Waals surface area (Å²) >= 11 is 12.1. The van der Waals surface area contributed by atoms with Crippen molar-refractivity contribution < 1.29 is 4.79 Å². The lowest BCUT2D eigenvalue weighted by molar-refractivity contribution is -0.113. The number of hydrogen-bond donors (Lipinski definition) is 2. The van der Waals surface area contributed by atoms with E-state index in [-0.39, 0.29) is 5.91 Å². The lowest BCUT2D eigenvalue weighted by Gasteiger charge is -2.28. The molecule has 27 heavy (non-hydrogen) atoms. The molecule has 2 N–H and O–H groups in total. The van der Waals surface area contributed by atoms with Gasteiger partial charge in [-0.05, 0) is 59.3 Å². The highest BCUT2D eigenvalue weighted by atomic mass is 35.5. The van der Waals surface area contributed by atoms with Crippen molar-refractivity contribution in [2.75, 3.05) is 10.6 Å². The summed E-state index contributed by atoms with van der Waals surface area (Å²) < 4.78 is 1.56. The summed E-state index contributed by atoms with van der Waals surface area (Å²) in [5.41, 5.74) is 2.59. The van der Waals surface area contributed by atoms with Crippen molar-refractivity contribution in [2.45, 2.75) is 13.0 Å². The lowest BCUT2D eigenvalue weighted by atomic mass is 9.95. The molecular formula is C18H14Cl2N6O. The van der Waals surface area contributed by atoms with Gasteiger partial charge in [0.25, 0.3) is 5.91 Å². The van der Waals surface area contributed by atoms with E-state index in [2.05, 4.69) is 26.2 Å². The lowest BCUT2D eigenvalue weighted by Crippen LogP contribution is -2.31. The fraction of sp³-hybridized carbons (Fsp3) is 0.111. The van der Waals surface area contributed by atoms with Crippen molar-refractivity contribution in [3.05, 3.63) is 75.4 Å². The molecule has 0 fully saturated rings. The second-order valence-electron chi connectivity index (χ2n) is 6.03. The van der Waals surface area contributed by atoms with Gasteiger partial charge in [-0.15, -0.1) is 0 Å². The largest absolute Gasteiger partial charge is 0.326 e. The van der Waals surface area contributed by atoms with Crippen LogP contribution in [0.4, 0.5) is 11.6 Å². The maximum absolute atomic E-state index is 13.1. The third-order valence-electron chi connectivity index (χ3n) is 4.23. The Morgan fingerprint density at radius 1 is 1.15 bits per heavy atom. The van der Waals surface area contributed by atoms with Gasteiger partial charge in [-0.25, -0.2) is 0 Å². The minimum atomic E-state index is -0.512. The Bertz CT molecular complexity index is 1040. The van der Waals surface area contributed by atoms with Crippen molar-refractivity contribution in [3.8, 4) is 0 Å². The van der Waals surface area contributed by atoms with E-state index in [1.165, 1.54) is 0 Å². The molecule has 0 bridgehead atoms. The van der Waals surface area contributed by atoms with E-state index >= 15 is 0 Å². The third-order valence-corrected chi connectivity index (χ3v) is 4.71. The van der Waals surface area contributed by atoms with Gasteiger partial charge in [-0.3, -0.25) is 4.79 Å². The van der Waals surface area contributed by atoms with Crippen molar-refractivity contribution in [3.63, 3.8) is 0 Å². The van der Waals surface area contributed by atoms with Gasteiger partial charge in [0.1, 0.15) is 6.04 Å². The highest BCUT2D eigenvalue weighted by molar-refractivity contribution is 6.31. The predicted molar refractivity (Wildman–Crippen MR) is 104 cm³/mol. The molecule has 1 amide bonds. The number of tetrazole rings is 1. The summed E-state index contributed by atoms with van der Waals surface area (Å²) in [4.78, 5) is 13.1. The Hall–Kier alpha value is -2.90. The number of nitrogens with zero attached hydrogens (tertiary/aromatic N) is 4. The number of allylic oxidation sites excluding steroid dienone is 1. The van der Waals surface area contributed by atoms with Crippen LogP contribution in [0.15, 0.2) is 59.8 Å². The van der Waals surface area contributed by atoms with Crippen LogP contribution in [0.25, 0.3) is 0 Å². The first-order chi connectivity index (χ1) is 13.0. The van der Waals surface area contributed by atoms with Crippen LogP contribution in [0, 0.1) is 0 Å². The Labute approximate surface area is 165 Å². The minimum Gasteiger partial charge on any atom is -0.326 e. The Morgan fingerprint density at radius 2 is 1.93 bits per heavy atom. The van der Waals surface area contributed by atoms with Gasteiger partial charge < -0.3 is 10.6 Å². The van der Waals surface area contributed by atoms with Crippen molar-refractivity contribution in [2.24, 2.45) is 0 Å². The monoisotopic (exact) mass is 400 g/mol. The van der Waals surface area contributed by atoms with E-state index in [0.717, 1.165) is 5.56 Å². The highest BCUT2D eigenvalue weighted by Crippen LogP contribution is 2.35. The zero-order valence-corrected chi connectivity index (χ0v) is 15.7.